The number of hydrogen-bond donors (Lipinski definition) is 1. The maximum atomic E-state index is 11.9. The van der Waals surface area contributed by atoms with E-state index in [-0.39, 0.29) is 5.91 Å². The van der Waals surface area contributed by atoms with Gasteiger partial charge < -0.3 is 5.32 Å². The zero-order chi connectivity index (χ0) is 14.4. The van der Waals surface area contributed by atoms with E-state index in [1.54, 1.807) is 0 Å². The van der Waals surface area contributed by atoms with Crippen LogP contribution < -0.4 is 5.32 Å². The summed E-state index contributed by atoms with van der Waals surface area (Å²) in [5.41, 5.74) is 1.95. The van der Waals surface area contributed by atoms with Crippen molar-refractivity contribution in [1.82, 2.24) is 5.32 Å². The van der Waals surface area contributed by atoms with Crippen LogP contribution in [0.25, 0.3) is 0 Å². The summed E-state index contributed by atoms with van der Waals surface area (Å²) < 4.78 is 1.07. The van der Waals surface area contributed by atoms with Gasteiger partial charge in [0.15, 0.2) is 0 Å². The van der Waals surface area contributed by atoms with E-state index in [1.165, 1.54) is 5.56 Å². The van der Waals surface area contributed by atoms with Crippen molar-refractivity contribution in [1.29, 1.82) is 0 Å². The van der Waals surface area contributed by atoms with E-state index in [2.05, 4.69) is 27.9 Å². The number of carbonyl (C=O) groups excluding carboxylic acids is 1. The van der Waals surface area contributed by atoms with Crippen LogP contribution in [0, 0.1) is 3.57 Å². The van der Waals surface area contributed by atoms with Crippen LogP contribution in [0.2, 0.25) is 5.02 Å². The van der Waals surface area contributed by atoms with Crippen LogP contribution >= 0.6 is 34.2 Å². The fourth-order valence-corrected chi connectivity index (χ4v) is 2.55. The molecule has 0 unspecified atom stereocenters. The zero-order valence-corrected chi connectivity index (χ0v) is 13.8. The molecule has 0 spiro atoms. The van der Waals surface area contributed by atoms with Crippen molar-refractivity contribution in [3.63, 3.8) is 0 Å². The van der Waals surface area contributed by atoms with Gasteiger partial charge in [0, 0.05) is 20.7 Å². The van der Waals surface area contributed by atoms with Crippen LogP contribution in [-0.2, 0) is 6.42 Å². The Balaban J connectivity index is 1.76. The minimum Gasteiger partial charge on any atom is -0.352 e. The molecule has 0 aliphatic rings. The third-order valence-corrected chi connectivity index (χ3v) is 3.85. The summed E-state index contributed by atoms with van der Waals surface area (Å²) in [7, 11) is 0. The van der Waals surface area contributed by atoms with Crippen molar-refractivity contribution in [3.8, 4) is 0 Å². The highest BCUT2D eigenvalue weighted by atomic mass is 127. The lowest BCUT2D eigenvalue weighted by Gasteiger charge is -2.06. The van der Waals surface area contributed by atoms with Crippen molar-refractivity contribution >= 4 is 40.1 Å². The molecule has 0 saturated carbocycles. The topological polar surface area (TPSA) is 29.1 Å². The van der Waals surface area contributed by atoms with Crippen LogP contribution in [0.1, 0.15) is 22.3 Å². The van der Waals surface area contributed by atoms with E-state index in [0.29, 0.717) is 12.1 Å². The first-order valence-corrected chi connectivity index (χ1v) is 7.89. The van der Waals surface area contributed by atoms with Gasteiger partial charge in [-0.1, -0.05) is 29.8 Å². The normalized spacial score (nSPS) is 10.3. The molecule has 0 atom stereocenters. The minimum absolute atomic E-state index is 0.0142. The van der Waals surface area contributed by atoms with Crippen LogP contribution in [0.5, 0.6) is 0 Å². The maximum Gasteiger partial charge on any atom is 0.251 e. The average molecular weight is 400 g/mol. The second kappa shape index (κ2) is 7.64. The van der Waals surface area contributed by atoms with Crippen molar-refractivity contribution in [2.75, 3.05) is 6.54 Å². The summed E-state index contributed by atoms with van der Waals surface area (Å²) in [5.74, 6) is -0.0142. The standard InChI is InChI=1S/C16H15ClINO/c17-14-8-6-12(7-9-14)3-2-10-19-16(20)13-4-1-5-15(18)11-13/h1,4-9,11H,2-3,10H2,(H,19,20). The van der Waals surface area contributed by atoms with E-state index in [9.17, 15) is 4.79 Å². The highest BCUT2D eigenvalue weighted by Crippen LogP contribution is 2.11. The molecule has 1 N–H and O–H groups in total. The number of carbonyl (C=O) groups is 1. The first-order valence-electron chi connectivity index (χ1n) is 6.43. The number of nitrogens with one attached hydrogen (secondary N) is 1. The van der Waals surface area contributed by atoms with Gasteiger partial charge in [-0.25, -0.2) is 0 Å². The molecule has 0 aliphatic carbocycles. The summed E-state index contributed by atoms with van der Waals surface area (Å²) in [6, 6.07) is 15.4. The lowest BCUT2D eigenvalue weighted by atomic mass is 10.1. The molecule has 2 rings (SSSR count). The van der Waals surface area contributed by atoms with Crippen LogP contribution in [0.15, 0.2) is 48.5 Å². The summed E-state index contributed by atoms with van der Waals surface area (Å²) in [6.45, 7) is 0.674. The van der Waals surface area contributed by atoms with Gasteiger partial charge in [0.05, 0.1) is 0 Å². The highest BCUT2D eigenvalue weighted by molar-refractivity contribution is 14.1. The lowest BCUT2D eigenvalue weighted by Crippen LogP contribution is -2.24. The van der Waals surface area contributed by atoms with Gasteiger partial charge in [0.2, 0.25) is 0 Å². The third-order valence-electron chi connectivity index (χ3n) is 2.93. The quantitative estimate of drug-likeness (QED) is 0.589. The molecule has 2 aromatic rings. The summed E-state index contributed by atoms with van der Waals surface area (Å²) in [4.78, 5) is 11.9. The van der Waals surface area contributed by atoms with Gasteiger partial charge in [-0.2, -0.15) is 0 Å². The minimum atomic E-state index is -0.0142. The van der Waals surface area contributed by atoms with E-state index < -0.39 is 0 Å². The largest absolute Gasteiger partial charge is 0.352 e. The van der Waals surface area contributed by atoms with Gasteiger partial charge in [-0.05, 0) is 71.3 Å². The third kappa shape index (κ3) is 4.80. The van der Waals surface area contributed by atoms with Gasteiger partial charge in [-0.15, -0.1) is 0 Å². The second-order valence-electron chi connectivity index (χ2n) is 4.50. The predicted molar refractivity (Wildman–Crippen MR) is 91.3 cm³/mol. The van der Waals surface area contributed by atoms with Crippen molar-refractivity contribution in [3.05, 3.63) is 68.3 Å². The molecular formula is C16H15ClINO. The number of amides is 1. The zero-order valence-electron chi connectivity index (χ0n) is 10.9. The number of aryl methyl sites for hydroxylation is 1. The number of rotatable bonds is 5. The number of hydrogen-bond acceptors (Lipinski definition) is 1. The van der Waals surface area contributed by atoms with E-state index in [0.717, 1.165) is 21.4 Å². The Hall–Kier alpha value is -1.07. The fourth-order valence-electron chi connectivity index (χ4n) is 1.88. The van der Waals surface area contributed by atoms with Crippen molar-refractivity contribution in [2.24, 2.45) is 0 Å². The molecule has 0 heterocycles. The monoisotopic (exact) mass is 399 g/mol. The predicted octanol–water partition coefficient (Wildman–Crippen LogP) is 4.31. The molecule has 0 saturated heterocycles. The molecule has 0 aromatic heterocycles. The van der Waals surface area contributed by atoms with Crippen molar-refractivity contribution < 1.29 is 4.79 Å². The first kappa shape index (κ1) is 15.3. The Morgan fingerprint density at radius 3 is 2.60 bits per heavy atom. The van der Waals surface area contributed by atoms with E-state index in [4.69, 9.17) is 11.6 Å². The maximum absolute atomic E-state index is 11.9. The molecule has 0 fully saturated rings. The Labute approximate surface area is 137 Å². The molecule has 2 nitrogen and oxygen atoms in total. The van der Waals surface area contributed by atoms with E-state index in [1.807, 2.05) is 48.5 Å². The van der Waals surface area contributed by atoms with Gasteiger partial charge >= 0.3 is 0 Å². The van der Waals surface area contributed by atoms with Gasteiger partial charge in [0.1, 0.15) is 0 Å². The molecule has 1 amide bonds. The number of halogens is 2. The highest BCUT2D eigenvalue weighted by Gasteiger charge is 2.04. The SMILES string of the molecule is O=C(NCCCc1ccc(Cl)cc1)c1cccc(I)c1. The molecule has 4 heteroatoms. The van der Waals surface area contributed by atoms with Crippen LogP contribution in [-0.4, -0.2) is 12.5 Å². The Kier molecular flexibility index (Phi) is 5.86. The molecular weight excluding hydrogens is 385 g/mol. The van der Waals surface area contributed by atoms with Crippen molar-refractivity contribution in [2.45, 2.75) is 12.8 Å². The lowest BCUT2D eigenvalue weighted by molar-refractivity contribution is 0.0953. The average Bonchev–Trinajstić information content (AvgIpc) is 2.45. The van der Waals surface area contributed by atoms with Gasteiger partial charge in [0.25, 0.3) is 5.91 Å². The molecule has 0 radical (unpaired) electrons. The van der Waals surface area contributed by atoms with Crippen LogP contribution in [0.3, 0.4) is 0 Å². The van der Waals surface area contributed by atoms with E-state index >= 15 is 0 Å². The van der Waals surface area contributed by atoms with Gasteiger partial charge in [-0.3, -0.25) is 4.79 Å². The molecule has 0 aliphatic heterocycles. The summed E-state index contributed by atoms with van der Waals surface area (Å²) >= 11 is 8.04. The van der Waals surface area contributed by atoms with Crippen LogP contribution in [0.4, 0.5) is 0 Å². The molecule has 0 bridgehead atoms. The second-order valence-corrected chi connectivity index (χ2v) is 6.18. The smallest absolute Gasteiger partial charge is 0.251 e. The Morgan fingerprint density at radius 1 is 1.15 bits per heavy atom. The summed E-state index contributed by atoms with van der Waals surface area (Å²) in [5, 5.41) is 3.69. The Morgan fingerprint density at radius 2 is 1.90 bits per heavy atom. The first-order chi connectivity index (χ1) is 9.65. The fraction of sp³-hybridized carbons (Fsp3) is 0.188. The number of benzene rings is 2. The summed E-state index contributed by atoms with van der Waals surface area (Å²) in [6.07, 6.45) is 1.85. The Bertz CT molecular complexity index is 583. The molecule has 20 heavy (non-hydrogen) atoms. The molecule has 104 valence electrons. The molecule has 2 aromatic carbocycles.